The van der Waals surface area contributed by atoms with E-state index in [-0.39, 0.29) is 0 Å². The van der Waals surface area contributed by atoms with E-state index in [4.69, 9.17) is 5.73 Å². The number of aryl methyl sites for hydroxylation is 1. The molecule has 0 radical (unpaired) electrons. The molecule has 4 heteroatoms. The SMILES string of the molecule is CCc1nc(N)cc(NCC2CCC2)n1. The van der Waals surface area contributed by atoms with Crippen molar-refractivity contribution in [1.82, 2.24) is 9.97 Å². The van der Waals surface area contributed by atoms with E-state index in [1.165, 1.54) is 19.3 Å². The molecule has 4 nitrogen and oxygen atoms in total. The van der Waals surface area contributed by atoms with Crippen LogP contribution in [0.1, 0.15) is 32.0 Å². The molecule has 1 saturated carbocycles. The van der Waals surface area contributed by atoms with Crippen molar-refractivity contribution in [2.24, 2.45) is 5.92 Å². The quantitative estimate of drug-likeness (QED) is 0.789. The van der Waals surface area contributed by atoms with Crippen LogP contribution in [0.2, 0.25) is 0 Å². The number of nitrogen functional groups attached to an aromatic ring is 1. The molecule has 2 rings (SSSR count). The minimum atomic E-state index is 0.554. The molecule has 1 aromatic heterocycles. The Hall–Kier alpha value is -1.32. The summed E-state index contributed by atoms with van der Waals surface area (Å²) in [5.41, 5.74) is 5.70. The number of nitrogens with zero attached hydrogens (tertiary/aromatic N) is 2. The Balaban J connectivity index is 1.96. The van der Waals surface area contributed by atoms with Gasteiger partial charge in [-0.1, -0.05) is 13.3 Å². The van der Waals surface area contributed by atoms with Gasteiger partial charge in [0.1, 0.15) is 17.5 Å². The van der Waals surface area contributed by atoms with Gasteiger partial charge in [-0.15, -0.1) is 0 Å². The summed E-state index contributed by atoms with van der Waals surface area (Å²) in [4.78, 5) is 8.52. The summed E-state index contributed by atoms with van der Waals surface area (Å²) in [6.45, 7) is 3.05. The Kier molecular flexibility index (Phi) is 3.04. The standard InChI is InChI=1S/C11H18N4/c1-2-10-14-9(12)6-11(15-10)13-7-8-4-3-5-8/h6,8H,2-5,7H2,1H3,(H3,12,13,14,15). The molecule has 15 heavy (non-hydrogen) atoms. The number of aromatic nitrogens is 2. The third-order valence-corrected chi connectivity index (χ3v) is 2.91. The van der Waals surface area contributed by atoms with Gasteiger partial charge in [-0.2, -0.15) is 0 Å². The molecule has 0 aromatic carbocycles. The molecule has 82 valence electrons. The molecule has 0 unspecified atom stereocenters. The van der Waals surface area contributed by atoms with E-state index in [1.807, 2.05) is 6.92 Å². The van der Waals surface area contributed by atoms with Gasteiger partial charge in [0.25, 0.3) is 0 Å². The molecular formula is C11H18N4. The fraction of sp³-hybridized carbons (Fsp3) is 0.636. The number of anilines is 2. The van der Waals surface area contributed by atoms with Crippen LogP contribution in [0.4, 0.5) is 11.6 Å². The normalized spacial score (nSPS) is 16.1. The van der Waals surface area contributed by atoms with E-state index in [0.29, 0.717) is 5.82 Å². The summed E-state index contributed by atoms with van der Waals surface area (Å²) < 4.78 is 0. The second-order valence-corrected chi connectivity index (χ2v) is 4.13. The van der Waals surface area contributed by atoms with Crippen LogP contribution in [0, 0.1) is 5.92 Å². The zero-order valence-electron chi connectivity index (χ0n) is 9.16. The molecule has 3 N–H and O–H groups in total. The van der Waals surface area contributed by atoms with Crippen molar-refractivity contribution < 1.29 is 0 Å². The average Bonchev–Trinajstić information content (AvgIpc) is 2.14. The van der Waals surface area contributed by atoms with E-state index in [1.54, 1.807) is 6.07 Å². The molecule has 1 aromatic rings. The molecular weight excluding hydrogens is 188 g/mol. The van der Waals surface area contributed by atoms with E-state index >= 15 is 0 Å². The van der Waals surface area contributed by atoms with Gasteiger partial charge in [0.05, 0.1) is 0 Å². The van der Waals surface area contributed by atoms with Gasteiger partial charge in [-0.25, -0.2) is 9.97 Å². The smallest absolute Gasteiger partial charge is 0.132 e. The summed E-state index contributed by atoms with van der Waals surface area (Å²) in [5.74, 6) is 3.06. The molecule has 1 heterocycles. The maximum Gasteiger partial charge on any atom is 0.132 e. The Morgan fingerprint density at radius 2 is 2.27 bits per heavy atom. The lowest BCUT2D eigenvalue weighted by molar-refractivity contribution is 0.333. The Morgan fingerprint density at radius 3 is 2.87 bits per heavy atom. The van der Waals surface area contributed by atoms with Crippen LogP contribution in [0.3, 0.4) is 0 Å². The number of nitrogens with two attached hydrogens (primary N) is 1. The van der Waals surface area contributed by atoms with Crippen LogP contribution in [0.15, 0.2) is 6.07 Å². The van der Waals surface area contributed by atoms with Gasteiger partial charge >= 0.3 is 0 Å². The largest absolute Gasteiger partial charge is 0.384 e. The molecule has 0 aliphatic heterocycles. The summed E-state index contributed by atoms with van der Waals surface area (Å²) in [6.07, 6.45) is 4.88. The summed E-state index contributed by atoms with van der Waals surface area (Å²) in [6, 6.07) is 1.80. The first-order valence-electron chi connectivity index (χ1n) is 5.65. The molecule has 1 aliphatic rings. The number of nitrogens with one attached hydrogen (secondary N) is 1. The predicted octanol–water partition coefficient (Wildman–Crippen LogP) is 1.83. The van der Waals surface area contributed by atoms with Crippen LogP contribution < -0.4 is 11.1 Å². The first-order chi connectivity index (χ1) is 7.28. The molecule has 1 fully saturated rings. The van der Waals surface area contributed by atoms with Gasteiger partial charge in [0.15, 0.2) is 0 Å². The molecule has 1 aliphatic carbocycles. The number of rotatable bonds is 4. The number of hydrogen-bond acceptors (Lipinski definition) is 4. The van der Waals surface area contributed by atoms with Crippen molar-refractivity contribution in [2.75, 3.05) is 17.6 Å². The maximum atomic E-state index is 5.70. The van der Waals surface area contributed by atoms with Gasteiger partial charge < -0.3 is 11.1 Å². The third kappa shape index (κ3) is 2.58. The highest BCUT2D eigenvalue weighted by Gasteiger charge is 2.16. The summed E-state index contributed by atoms with van der Waals surface area (Å²) >= 11 is 0. The first kappa shape index (κ1) is 10.2. The van der Waals surface area contributed by atoms with E-state index in [0.717, 1.165) is 30.5 Å². The average molecular weight is 206 g/mol. The zero-order chi connectivity index (χ0) is 10.7. The molecule has 0 amide bonds. The second kappa shape index (κ2) is 4.47. The highest BCUT2D eigenvalue weighted by atomic mass is 15.0. The maximum absolute atomic E-state index is 5.70. The Bertz CT molecular complexity index is 333. The molecule has 0 saturated heterocycles. The van der Waals surface area contributed by atoms with Crippen LogP contribution in [0.5, 0.6) is 0 Å². The minimum absolute atomic E-state index is 0.554. The van der Waals surface area contributed by atoms with Crippen molar-refractivity contribution in [3.05, 3.63) is 11.9 Å². The monoisotopic (exact) mass is 206 g/mol. The van der Waals surface area contributed by atoms with Crippen LogP contribution in [-0.2, 0) is 6.42 Å². The zero-order valence-corrected chi connectivity index (χ0v) is 9.16. The first-order valence-corrected chi connectivity index (χ1v) is 5.65. The highest BCUT2D eigenvalue weighted by molar-refractivity contribution is 5.44. The van der Waals surface area contributed by atoms with Crippen molar-refractivity contribution in [3.8, 4) is 0 Å². The van der Waals surface area contributed by atoms with Gasteiger partial charge in [0.2, 0.25) is 0 Å². The van der Waals surface area contributed by atoms with Crippen LogP contribution >= 0.6 is 0 Å². The van der Waals surface area contributed by atoms with E-state index in [9.17, 15) is 0 Å². The van der Waals surface area contributed by atoms with Gasteiger partial charge in [-0.3, -0.25) is 0 Å². The van der Waals surface area contributed by atoms with Crippen molar-refractivity contribution in [3.63, 3.8) is 0 Å². The van der Waals surface area contributed by atoms with Gasteiger partial charge in [-0.05, 0) is 18.8 Å². The summed E-state index contributed by atoms with van der Waals surface area (Å²) in [7, 11) is 0. The lowest BCUT2D eigenvalue weighted by Gasteiger charge is -2.25. The fourth-order valence-corrected chi connectivity index (χ4v) is 1.71. The van der Waals surface area contributed by atoms with Gasteiger partial charge in [0, 0.05) is 19.0 Å². The van der Waals surface area contributed by atoms with Crippen LogP contribution in [-0.4, -0.2) is 16.5 Å². The third-order valence-electron chi connectivity index (χ3n) is 2.91. The molecule has 0 spiro atoms. The van der Waals surface area contributed by atoms with Crippen molar-refractivity contribution in [2.45, 2.75) is 32.6 Å². The summed E-state index contributed by atoms with van der Waals surface area (Å²) in [5, 5.41) is 3.33. The lowest BCUT2D eigenvalue weighted by atomic mass is 9.85. The van der Waals surface area contributed by atoms with Crippen molar-refractivity contribution in [1.29, 1.82) is 0 Å². The Morgan fingerprint density at radius 1 is 1.47 bits per heavy atom. The Labute approximate surface area is 90.3 Å². The van der Waals surface area contributed by atoms with Crippen molar-refractivity contribution >= 4 is 11.6 Å². The predicted molar refractivity (Wildman–Crippen MR) is 61.7 cm³/mol. The minimum Gasteiger partial charge on any atom is -0.384 e. The molecule has 0 atom stereocenters. The fourth-order valence-electron chi connectivity index (χ4n) is 1.71. The lowest BCUT2D eigenvalue weighted by Crippen LogP contribution is -2.21. The second-order valence-electron chi connectivity index (χ2n) is 4.13. The van der Waals surface area contributed by atoms with E-state index in [2.05, 4.69) is 15.3 Å². The highest BCUT2D eigenvalue weighted by Crippen LogP contribution is 2.26. The topological polar surface area (TPSA) is 63.8 Å². The number of hydrogen-bond donors (Lipinski definition) is 2. The van der Waals surface area contributed by atoms with Crippen LogP contribution in [0.25, 0.3) is 0 Å². The molecule has 0 bridgehead atoms. The van der Waals surface area contributed by atoms with E-state index < -0.39 is 0 Å².